The van der Waals surface area contributed by atoms with Crippen LogP contribution in [0.15, 0.2) is 28.7 Å². The number of carbonyl (C=O) groups is 2. The molecule has 7 heteroatoms. The summed E-state index contributed by atoms with van der Waals surface area (Å²) in [6, 6.07) is 7.33. The van der Waals surface area contributed by atoms with E-state index in [4.69, 9.17) is 5.73 Å². The van der Waals surface area contributed by atoms with E-state index < -0.39 is 5.54 Å². The molecule has 0 aliphatic carbocycles. The van der Waals surface area contributed by atoms with Crippen molar-refractivity contribution in [2.24, 2.45) is 5.73 Å². The van der Waals surface area contributed by atoms with E-state index in [9.17, 15) is 9.59 Å². The number of piperazine rings is 1. The zero-order valence-corrected chi connectivity index (χ0v) is 16.5. The van der Waals surface area contributed by atoms with Gasteiger partial charge in [0.15, 0.2) is 0 Å². The van der Waals surface area contributed by atoms with Crippen molar-refractivity contribution < 1.29 is 9.59 Å². The highest BCUT2D eigenvalue weighted by Crippen LogP contribution is 2.17. The summed E-state index contributed by atoms with van der Waals surface area (Å²) in [5, 5.41) is 0. The first kappa shape index (κ1) is 20.9. The predicted molar refractivity (Wildman–Crippen MR) is 101 cm³/mol. The molecule has 0 saturated carbocycles. The Kier molecular flexibility index (Phi) is 7.70. The normalized spacial score (nSPS) is 17.0. The Bertz CT molecular complexity index is 570. The van der Waals surface area contributed by atoms with Crippen molar-refractivity contribution in [1.82, 2.24) is 9.80 Å². The highest BCUT2D eigenvalue weighted by molar-refractivity contribution is 9.10. The molecule has 24 heavy (non-hydrogen) atoms. The van der Waals surface area contributed by atoms with E-state index in [0.29, 0.717) is 38.2 Å². The third kappa shape index (κ3) is 4.94. The number of halogens is 2. The van der Waals surface area contributed by atoms with E-state index >= 15 is 0 Å². The first-order chi connectivity index (χ1) is 10.8. The maximum Gasteiger partial charge on any atom is 0.253 e. The van der Waals surface area contributed by atoms with Crippen LogP contribution in [0.2, 0.25) is 0 Å². The molecular formula is C17H25BrClN3O2. The van der Waals surface area contributed by atoms with E-state index in [-0.39, 0.29) is 24.2 Å². The maximum absolute atomic E-state index is 12.5. The lowest BCUT2D eigenvalue weighted by Gasteiger charge is -2.38. The first-order valence-electron chi connectivity index (χ1n) is 7.98. The van der Waals surface area contributed by atoms with Gasteiger partial charge in [-0.3, -0.25) is 9.59 Å². The molecule has 1 atom stereocenters. The van der Waals surface area contributed by atoms with Gasteiger partial charge in [0, 0.05) is 36.2 Å². The summed E-state index contributed by atoms with van der Waals surface area (Å²) in [5.74, 6) is -0.0104. The van der Waals surface area contributed by atoms with Crippen LogP contribution in [0.4, 0.5) is 0 Å². The highest BCUT2D eigenvalue weighted by atomic mass is 79.9. The summed E-state index contributed by atoms with van der Waals surface area (Å²) in [4.78, 5) is 28.5. The number of carbonyl (C=O) groups excluding carboxylic acids is 2. The molecule has 2 amide bonds. The Morgan fingerprint density at radius 1 is 1.12 bits per heavy atom. The second-order valence-electron chi connectivity index (χ2n) is 6.26. The lowest BCUT2D eigenvalue weighted by molar-refractivity contribution is -0.138. The average Bonchev–Trinajstić information content (AvgIpc) is 2.54. The average molecular weight is 419 g/mol. The van der Waals surface area contributed by atoms with Crippen LogP contribution in [0.1, 0.15) is 37.0 Å². The Labute approximate surface area is 158 Å². The van der Waals surface area contributed by atoms with Crippen LogP contribution in [-0.4, -0.2) is 53.3 Å². The molecule has 134 valence electrons. The van der Waals surface area contributed by atoms with Crippen molar-refractivity contribution in [1.29, 1.82) is 0 Å². The molecule has 1 aliphatic heterocycles. The van der Waals surface area contributed by atoms with Crippen LogP contribution >= 0.6 is 28.3 Å². The lowest BCUT2D eigenvalue weighted by Crippen LogP contribution is -2.58. The monoisotopic (exact) mass is 417 g/mol. The van der Waals surface area contributed by atoms with Crippen molar-refractivity contribution in [2.75, 3.05) is 26.2 Å². The number of nitrogens with zero attached hydrogens (tertiary/aromatic N) is 2. The van der Waals surface area contributed by atoms with Gasteiger partial charge in [-0.2, -0.15) is 0 Å². The summed E-state index contributed by atoms with van der Waals surface area (Å²) in [6.07, 6.45) is 1.55. The molecule has 1 fully saturated rings. The molecular weight excluding hydrogens is 394 g/mol. The second-order valence-corrected chi connectivity index (χ2v) is 7.17. The van der Waals surface area contributed by atoms with Gasteiger partial charge in [-0.25, -0.2) is 0 Å². The Hall–Kier alpha value is -1.11. The largest absolute Gasteiger partial charge is 0.338 e. The van der Waals surface area contributed by atoms with Crippen LogP contribution in [0.25, 0.3) is 0 Å². The third-order valence-corrected chi connectivity index (χ3v) is 4.73. The van der Waals surface area contributed by atoms with Gasteiger partial charge in [0.05, 0.1) is 5.54 Å². The van der Waals surface area contributed by atoms with Crippen LogP contribution in [0.5, 0.6) is 0 Å². The number of benzene rings is 1. The molecule has 0 radical (unpaired) electrons. The van der Waals surface area contributed by atoms with Crippen molar-refractivity contribution in [3.8, 4) is 0 Å². The smallest absolute Gasteiger partial charge is 0.253 e. The second kappa shape index (κ2) is 8.83. The highest BCUT2D eigenvalue weighted by Gasteiger charge is 2.34. The molecule has 1 aromatic carbocycles. The van der Waals surface area contributed by atoms with Crippen LogP contribution in [-0.2, 0) is 4.79 Å². The Morgan fingerprint density at radius 3 is 2.12 bits per heavy atom. The van der Waals surface area contributed by atoms with Gasteiger partial charge in [-0.05, 0) is 37.6 Å². The molecule has 1 saturated heterocycles. The third-order valence-electron chi connectivity index (χ3n) is 4.20. The molecule has 2 rings (SSSR count). The van der Waals surface area contributed by atoms with Gasteiger partial charge >= 0.3 is 0 Å². The van der Waals surface area contributed by atoms with Gasteiger partial charge in [-0.1, -0.05) is 29.3 Å². The van der Waals surface area contributed by atoms with E-state index in [2.05, 4.69) is 15.9 Å². The summed E-state index contributed by atoms with van der Waals surface area (Å²) in [5.41, 5.74) is 5.98. The zero-order chi connectivity index (χ0) is 17.0. The van der Waals surface area contributed by atoms with Crippen molar-refractivity contribution in [3.63, 3.8) is 0 Å². The SMILES string of the molecule is CCCC(C)(N)C(=O)N1CCN(C(=O)c2ccc(Br)cc2)CC1.Cl. The van der Waals surface area contributed by atoms with Crippen molar-refractivity contribution in [3.05, 3.63) is 34.3 Å². The van der Waals surface area contributed by atoms with Gasteiger partial charge in [0.2, 0.25) is 5.91 Å². The molecule has 0 bridgehead atoms. The van der Waals surface area contributed by atoms with E-state index in [1.54, 1.807) is 16.7 Å². The fraction of sp³-hybridized carbons (Fsp3) is 0.529. The quantitative estimate of drug-likeness (QED) is 0.817. The minimum Gasteiger partial charge on any atom is -0.338 e. The zero-order valence-electron chi connectivity index (χ0n) is 14.1. The first-order valence-corrected chi connectivity index (χ1v) is 8.77. The fourth-order valence-electron chi connectivity index (χ4n) is 2.88. The minimum atomic E-state index is -0.813. The van der Waals surface area contributed by atoms with E-state index in [1.165, 1.54) is 0 Å². The van der Waals surface area contributed by atoms with E-state index in [0.717, 1.165) is 10.9 Å². The summed E-state index contributed by atoms with van der Waals surface area (Å²) >= 11 is 3.36. The van der Waals surface area contributed by atoms with Crippen LogP contribution in [0.3, 0.4) is 0 Å². The fourth-order valence-corrected chi connectivity index (χ4v) is 3.14. The number of hydrogen-bond donors (Lipinski definition) is 1. The lowest BCUT2D eigenvalue weighted by atomic mass is 9.95. The van der Waals surface area contributed by atoms with Gasteiger partial charge < -0.3 is 15.5 Å². The van der Waals surface area contributed by atoms with Crippen LogP contribution < -0.4 is 5.73 Å². The molecule has 2 N–H and O–H groups in total. The molecule has 1 heterocycles. The van der Waals surface area contributed by atoms with Gasteiger partial charge in [0.25, 0.3) is 5.91 Å². The number of amides is 2. The van der Waals surface area contributed by atoms with Crippen molar-refractivity contribution in [2.45, 2.75) is 32.2 Å². The molecule has 1 unspecified atom stereocenters. The number of rotatable bonds is 4. The maximum atomic E-state index is 12.5. The molecule has 1 aliphatic rings. The molecule has 0 aromatic heterocycles. The Balaban J connectivity index is 0.00000288. The van der Waals surface area contributed by atoms with Gasteiger partial charge in [0.1, 0.15) is 0 Å². The molecule has 5 nitrogen and oxygen atoms in total. The topological polar surface area (TPSA) is 66.6 Å². The van der Waals surface area contributed by atoms with Gasteiger partial charge in [-0.15, -0.1) is 12.4 Å². The van der Waals surface area contributed by atoms with Crippen molar-refractivity contribution >= 4 is 40.2 Å². The minimum absolute atomic E-state index is 0. The number of nitrogens with two attached hydrogens (primary N) is 1. The van der Waals surface area contributed by atoms with E-state index in [1.807, 2.05) is 31.2 Å². The summed E-state index contributed by atoms with van der Waals surface area (Å²) < 4.78 is 0.947. The predicted octanol–water partition coefficient (Wildman–Crippen LogP) is 2.67. The van der Waals surface area contributed by atoms with Crippen LogP contribution in [0, 0.1) is 0 Å². The number of hydrogen-bond acceptors (Lipinski definition) is 3. The molecule has 1 aromatic rings. The summed E-state index contributed by atoms with van der Waals surface area (Å²) in [7, 11) is 0. The Morgan fingerprint density at radius 2 is 1.62 bits per heavy atom. The molecule has 0 spiro atoms. The summed E-state index contributed by atoms with van der Waals surface area (Å²) in [6.45, 7) is 5.98. The standard InChI is InChI=1S/C17H24BrN3O2.ClH/c1-3-8-17(2,19)16(23)21-11-9-20(10-12-21)15(22)13-4-6-14(18)7-5-13;/h4-7H,3,8-12,19H2,1-2H3;1H.